The van der Waals surface area contributed by atoms with Crippen molar-refractivity contribution in [3.63, 3.8) is 0 Å². The first-order valence-corrected chi connectivity index (χ1v) is 7.28. The van der Waals surface area contributed by atoms with E-state index in [9.17, 15) is 4.79 Å². The number of aryl methyl sites for hydroxylation is 1. The van der Waals surface area contributed by atoms with Crippen molar-refractivity contribution in [2.24, 2.45) is 0 Å². The van der Waals surface area contributed by atoms with Gasteiger partial charge in [0.2, 0.25) is 5.91 Å². The molecule has 5 heteroatoms. The standard InChI is InChI=1S/C17H18N2O2S/c1-12-3-7-14(8-4-12)18-17(22)19-16(20)11-13-5-9-15(21-2)10-6-13/h3-10H,11H2,1-2H3,(H2,18,19,20,22). The number of hydrogen-bond acceptors (Lipinski definition) is 3. The van der Waals surface area contributed by atoms with E-state index in [2.05, 4.69) is 10.6 Å². The van der Waals surface area contributed by atoms with Gasteiger partial charge < -0.3 is 15.4 Å². The number of methoxy groups -OCH3 is 1. The molecular weight excluding hydrogens is 296 g/mol. The summed E-state index contributed by atoms with van der Waals surface area (Å²) in [5, 5.41) is 5.95. The summed E-state index contributed by atoms with van der Waals surface area (Å²) < 4.78 is 5.08. The van der Waals surface area contributed by atoms with Crippen molar-refractivity contribution < 1.29 is 9.53 Å². The highest BCUT2D eigenvalue weighted by molar-refractivity contribution is 7.80. The second-order valence-corrected chi connectivity index (χ2v) is 5.30. The van der Waals surface area contributed by atoms with Crippen molar-refractivity contribution in [2.75, 3.05) is 12.4 Å². The number of rotatable bonds is 4. The Kier molecular flexibility index (Phi) is 5.49. The van der Waals surface area contributed by atoms with E-state index in [4.69, 9.17) is 17.0 Å². The Hall–Kier alpha value is -2.40. The van der Waals surface area contributed by atoms with Crippen molar-refractivity contribution in [1.29, 1.82) is 0 Å². The van der Waals surface area contributed by atoms with Gasteiger partial charge in [-0.25, -0.2) is 0 Å². The van der Waals surface area contributed by atoms with E-state index in [1.165, 1.54) is 5.56 Å². The lowest BCUT2D eigenvalue weighted by atomic mass is 10.1. The third-order valence-corrected chi connectivity index (χ3v) is 3.29. The fraction of sp³-hybridized carbons (Fsp3) is 0.176. The minimum Gasteiger partial charge on any atom is -0.497 e. The molecule has 0 heterocycles. The number of benzene rings is 2. The van der Waals surface area contributed by atoms with E-state index in [1.807, 2.05) is 55.5 Å². The van der Waals surface area contributed by atoms with Crippen molar-refractivity contribution in [3.8, 4) is 5.75 Å². The smallest absolute Gasteiger partial charge is 0.230 e. The first-order valence-electron chi connectivity index (χ1n) is 6.87. The van der Waals surface area contributed by atoms with Crippen LogP contribution in [-0.2, 0) is 11.2 Å². The summed E-state index contributed by atoms with van der Waals surface area (Å²) in [6.07, 6.45) is 0.264. The van der Waals surface area contributed by atoms with Crippen LogP contribution in [0.3, 0.4) is 0 Å². The van der Waals surface area contributed by atoms with Gasteiger partial charge in [-0.1, -0.05) is 29.8 Å². The van der Waals surface area contributed by atoms with Crippen LogP contribution in [0.15, 0.2) is 48.5 Å². The van der Waals surface area contributed by atoms with Crippen molar-refractivity contribution in [1.82, 2.24) is 5.32 Å². The molecular formula is C17H18N2O2S. The van der Waals surface area contributed by atoms with Crippen molar-refractivity contribution >= 4 is 28.9 Å². The molecule has 0 aromatic heterocycles. The molecule has 0 aliphatic rings. The highest BCUT2D eigenvalue weighted by Gasteiger charge is 2.06. The molecule has 2 N–H and O–H groups in total. The fourth-order valence-electron chi connectivity index (χ4n) is 1.90. The monoisotopic (exact) mass is 314 g/mol. The molecule has 0 aliphatic carbocycles. The summed E-state index contributed by atoms with van der Waals surface area (Å²) in [4.78, 5) is 12.0. The Morgan fingerprint density at radius 2 is 1.73 bits per heavy atom. The van der Waals surface area contributed by atoms with E-state index in [-0.39, 0.29) is 12.3 Å². The average Bonchev–Trinajstić information content (AvgIpc) is 2.50. The number of thiocarbonyl (C=S) groups is 1. The molecule has 2 rings (SSSR count). The van der Waals surface area contributed by atoms with Crippen molar-refractivity contribution in [3.05, 3.63) is 59.7 Å². The number of carbonyl (C=O) groups excluding carboxylic acids is 1. The largest absolute Gasteiger partial charge is 0.497 e. The molecule has 0 saturated carbocycles. The van der Waals surface area contributed by atoms with Gasteiger partial charge in [0.05, 0.1) is 13.5 Å². The Morgan fingerprint density at radius 1 is 1.09 bits per heavy atom. The van der Waals surface area contributed by atoms with Crippen LogP contribution in [0.1, 0.15) is 11.1 Å². The Balaban J connectivity index is 1.85. The van der Waals surface area contributed by atoms with Crippen LogP contribution in [0, 0.1) is 6.92 Å². The summed E-state index contributed by atoms with van der Waals surface area (Å²) in [5.41, 5.74) is 2.91. The SMILES string of the molecule is COc1ccc(CC(=O)NC(=S)Nc2ccc(C)cc2)cc1. The van der Waals surface area contributed by atoms with Crippen LogP contribution in [0.4, 0.5) is 5.69 Å². The van der Waals surface area contributed by atoms with Gasteiger partial charge in [0.25, 0.3) is 0 Å². The molecule has 0 atom stereocenters. The van der Waals surface area contributed by atoms with Crippen LogP contribution in [0.2, 0.25) is 0 Å². The fourth-order valence-corrected chi connectivity index (χ4v) is 2.13. The molecule has 4 nitrogen and oxygen atoms in total. The zero-order chi connectivity index (χ0) is 15.9. The second-order valence-electron chi connectivity index (χ2n) is 4.89. The van der Waals surface area contributed by atoms with Crippen LogP contribution >= 0.6 is 12.2 Å². The second kappa shape index (κ2) is 7.56. The van der Waals surface area contributed by atoms with E-state index < -0.39 is 0 Å². The summed E-state index contributed by atoms with van der Waals surface area (Å²) in [6.45, 7) is 2.01. The minimum absolute atomic E-state index is 0.158. The van der Waals surface area contributed by atoms with Gasteiger partial charge in [0.15, 0.2) is 5.11 Å². The molecule has 22 heavy (non-hydrogen) atoms. The normalized spacial score (nSPS) is 9.91. The molecule has 0 unspecified atom stereocenters. The number of hydrogen-bond donors (Lipinski definition) is 2. The molecule has 0 bridgehead atoms. The summed E-state index contributed by atoms with van der Waals surface area (Å²) in [6, 6.07) is 15.1. The maximum Gasteiger partial charge on any atom is 0.230 e. The van der Waals surface area contributed by atoms with Crippen molar-refractivity contribution in [2.45, 2.75) is 13.3 Å². The summed E-state index contributed by atoms with van der Waals surface area (Å²) >= 11 is 5.14. The van der Waals surface area contributed by atoms with Crippen LogP contribution in [-0.4, -0.2) is 18.1 Å². The molecule has 0 saturated heterocycles. The lowest BCUT2D eigenvalue weighted by Crippen LogP contribution is -2.35. The Bertz CT molecular complexity index is 651. The number of nitrogens with one attached hydrogen (secondary N) is 2. The van der Waals surface area contributed by atoms with Gasteiger partial charge >= 0.3 is 0 Å². The molecule has 0 aliphatic heterocycles. The lowest BCUT2D eigenvalue weighted by Gasteiger charge is -2.10. The molecule has 1 amide bonds. The zero-order valence-corrected chi connectivity index (χ0v) is 13.4. The maximum absolute atomic E-state index is 12.0. The zero-order valence-electron chi connectivity index (χ0n) is 12.6. The quantitative estimate of drug-likeness (QED) is 0.852. The molecule has 0 spiro atoms. The van der Waals surface area contributed by atoms with Crippen LogP contribution in [0.5, 0.6) is 5.75 Å². The maximum atomic E-state index is 12.0. The summed E-state index contributed by atoms with van der Waals surface area (Å²) in [7, 11) is 1.61. The number of amides is 1. The average molecular weight is 314 g/mol. The Morgan fingerprint density at radius 3 is 2.32 bits per heavy atom. The summed E-state index contributed by atoms with van der Waals surface area (Å²) in [5.74, 6) is 0.607. The van der Waals surface area contributed by atoms with E-state index in [0.29, 0.717) is 5.11 Å². The van der Waals surface area contributed by atoms with Gasteiger partial charge in [0, 0.05) is 5.69 Å². The first kappa shape index (κ1) is 16.0. The van der Waals surface area contributed by atoms with Gasteiger partial charge in [0.1, 0.15) is 5.75 Å². The molecule has 0 fully saturated rings. The predicted molar refractivity (Wildman–Crippen MR) is 92.2 cm³/mol. The van der Waals surface area contributed by atoms with Gasteiger partial charge in [-0.05, 0) is 49.0 Å². The first-order chi connectivity index (χ1) is 10.6. The lowest BCUT2D eigenvalue weighted by molar-refractivity contribution is -0.119. The molecule has 114 valence electrons. The van der Waals surface area contributed by atoms with Crippen LogP contribution in [0.25, 0.3) is 0 Å². The number of anilines is 1. The molecule has 0 radical (unpaired) electrons. The van der Waals surface area contributed by atoms with E-state index in [0.717, 1.165) is 17.0 Å². The number of ether oxygens (including phenoxy) is 1. The highest BCUT2D eigenvalue weighted by Crippen LogP contribution is 2.12. The predicted octanol–water partition coefficient (Wildman–Crippen LogP) is 3.06. The van der Waals surface area contributed by atoms with Gasteiger partial charge in [-0.3, -0.25) is 4.79 Å². The minimum atomic E-state index is -0.158. The van der Waals surface area contributed by atoms with Gasteiger partial charge in [-0.15, -0.1) is 0 Å². The topological polar surface area (TPSA) is 50.4 Å². The highest BCUT2D eigenvalue weighted by atomic mass is 32.1. The number of carbonyl (C=O) groups is 1. The molecule has 2 aromatic carbocycles. The third-order valence-electron chi connectivity index (χ3n) is 3.09. The Labute approximate surface area is 135 Å². The molecule has 2 aromatic rings. The van der Waals surface area contributed by atoms with E-state index >= 15 is 0 Å². The van der Waals surface area contributed by atoms with Gasteiger partial charge in [-0.2, -0.15) is 0 Å². The third kappa shape index (κ3) is 4.86. The van der Waals surface area contributed by atoms with E-state index in [1.54, 1.807) is 7.11 Å². The van der Waals surface area contributed by atoms with Crippen LogP contribution < -0.4 is 15.4 Å².